The van der Waals surface area contributed by atoms with Gasteiger partial charge in [-0.3, -0.25) is 4.79 Å². The van der Waals surface area contributed by atoms with E-state index in [1.807, 2.05) is 19.2 Å². The van der Waals surface area contributed by atoms with Gasteiger partial charge in [0.1, 0.15) is 5.82 Å². The van der Waals surface area contributed by atoms with Crippen molar-refractivity contribution >= 4 is 11.7 Å². The molecule has 0 radical (unpaired) electrons. The molecule has 0 spiro atoms. The van der Waals surface area contributed by atoms with Gasteiger partial charge in [-0.2, -0.15) is 0 Å². The summed E-state index contributed by atoms with van der Waals surface area (Å²) in [4.78, 5) is 15.4. The second-order valence-electron chi connectivity index (χ2n) is 4.47. The minimum atomic E-state index is -0.00764. The monoisotopic (exact) mass is 249 g/mol. The van der Waals surface area contributed by atoms with Crippen molar-refractivity contribution in [3.05, 3.63) is 23.9 Å². The van der Waals surface area contributed by atoms with Gasteiger partial charge in [0.25, 0.3) is 0 Å². The highest BCUT2D eigenvalue weighted by atomic mass is 16.5. The van der Waals surface area contributed by atoms with Gasteiger partial charge in [0.15, 0.2) is 0 Å². The van der Waals surface area contributed by atoms with Crippen molar-refractivity contribution in [2.75, 3.05) is 19.0 Å². The SMILES string of the molecule is CNc1ncccc1C1CC(NC(C)=O)CCO1. The summed E-state index contributed by atoms with van der Waals surface area (Å²) in [5, 5.41) is 6.03. The summed E-state index contributed by atoms with van der Waals surface area (Å²) in [6, 6.07) is 4.10. The molecular weight excluding hydrogens is 230 g/mol. The van der Waals surface area contributed by atoms with Gasteiger partial charge in [0.2, 0.25) is 5.91 Å². The smallest absolute Gasteiger partial charge is 0.217 e. The fourth-order valence-corrected chi connectivity index (χ4v) is 2.32. The Morgan fingerprint density at radius 2 is 2.39 bits per heavy atom. The zero-order valence-electron chi connectivity index (χ0n) is 10.8. The molecule has 1 saturated heterocycles. The Kier molecular flexibility index (Phi) is 4.15. The molecule has 1 aliphatic heterocycles. The van der Waals surface area contributed by atoms with E-state index in [0.29, 0.717) is 6.61 Å². The van der Waals surface area contributed by atoms with E-state index in [9.17, 15) is 4.79 Å². The highest BCUT2D eigenvalue weighted by Crippen LogP contribution is 2.31. The summed E-state index contributed by atoms with van der Waals surface area (Å²) >= 11 is 0. The molecule has 1 aliphatic rings. The fraction of sp³-hybridized carbons (Fsp3) is 0.538. The highest BCUT2D eigenvalue weighted by Gasteiger charge is 2.26. The number of nitrogens with zero attached hydrogens (tertiary/aromatic N) is 1. The fourth-order valence-electron chi connectivity index (χ4n) is 2.32. The van der Waals surface area contributed by atoms with E-state index >= 15 is 0 Å². The van der Waals surface area contributed by atoms with Crippen LogP contribution in [0, 0.1) is 0 Å². The van der Waals surface area contributed by atoms with Crippen LogP contribution in [0.1, 0.15) is 31.4 Å². The Hall–Kier alpha value is -1.62. The molecule has 1 aromatic heterocycles. The first-order chi connectivity index (χ1) is 8.70. The predicted octanol–water partition coefficient (Wildman–Crippen LogP) is 1.48. The molecule has 2 heterocycles. The molecule has 5 heteroatoms. The van der Waals surface area contributed by atoms with Crippen LogP contribution in [-0.4, -0.2) is 30.6 Å². The number of carbonyl (C=O) groups is 1. The average molecular weight is 249 g/mol. The molecule has 2 N–H and O–H groups in total. The first-order valence-corrected chi connectivity index (χ1v) is 6.22. The van der Waals surface area contributed by atoms with Gasteiger partial charge in [-0.05, 0) is 18.9 Å². The normalized spacial score (nSPS) is 23.4. The quantitative estimate of drug-likeness (QED) is 0.851. The van der Waals surface area contributed by atoms with Crippen LogP contribution < -0.4 is 10.6 Å². The van der Waals surface area contributed by atoms with Gasteiger partial charge in [-0.1, -0.05) is 6.07 Å². The summed E-state index contributed by atoms with van der Waals surface area (Å²) in [6.07, 6.45) is 3.40. The molecule has 98 valence electrons. The molecule has 1 fully saturated rings. The second kappa shape index (κ2) is 5.82. The number of hydrogen-bond acceptors (Lipinski definition) is 4. The molecule has 1 aromatic rings. The van der Waals surface area contributed by atoms with Crippen LogP contribution in [0.2, 0.25) is 0 Å². The van der Waals surface area contributed by atoms with Gasteiger partial charge < -0.3 is 15.4 Å². The molecule has 0 bridgehead atoms. The van der Waals surface area contributed by atoms with Crippen LogP contribution in [0.15, 0.2) is 18.3 Å². The van der Waals surface area contributed by atoms with Gasteiger partial charge in [0.05, 0.1) is 6.10 Å². The minimum Gasteiger partial charge on any atom is -0.373 e. The zero-order valence-corrected chi connectivity index (χ0v) is 10.8. The first-order valence-electron chi connectivity index (χ1n) is 6.22. The van der Waals surface area contributed by atoms with Gasteiger partial charge in [-0.25, -0.2) is 4.98 Å². The zero-order chi connectivity index (χ0) is 13.0. The molecule has 2 atom stereocenters. The van der Waals surface area contributed by atoms with E-state index in [-0.39, 0.29) is 18.1 Å². The van der Waals surface area contributed by atoms with E-state index in [4.69, 9.17) is 4.74 Å². The van der Waals surface area contributed by atoms with E-state index in [1.165, 1.54) is 0 Å². The largest absolute Gasteiger partial charge is 0.373 e. The lowest BCUT2D eigenvalue weighted by Crippen LogP contribution is -2.38. The number of ether oxygens (including phenoxy) is 1. The lowest BCUT2D eigenvalue weighted by Gasteiger charge is -2.30. The summed E-state index contributed by atoms with van der Waals surface area (Å²) in [5.41, 5.74) is 1.05. The lowest BCUT2D eigenvalue weighted by molar-refractivity contribution is -0.120. The van der Waals surface area contributed by atoms with Crippen LogP contribution in [0.3, 0.4) is 0 Å². The van der Waals surface area contributed by atoms with Crippen molar-refractivity contribution < 1.29 is 9.53 Å². The van der Waals surface area contributed by atoms with E-state index in [2.05, 4.69) is 15.6 Å². The van der Waals surface area contributed by atoms with Crippen LogP contribution in [0.5, 0.6) is 0 Å². The minimum absolute atomic E-state index is 0.00764. The number of anilines is 1. The lowest BCUT2D eigenvalue weighted by atomic mass is 9.97. The summed E-state index contributed by atoms with van der Waals surface area (Å²) in [7, 11) is 1.85. The Labute approximate surface area is 107 Å². The number of pyridine rings is 1. The molecule has 0 aliphatic carbocycles. The first kappa shape index (κ1) is 12.8. The van der Waals surface area contributed by atoms with E-state index in [0.717, 1.165) is 24.2 Å². The predicted molar refractivity (Wildman–Crippen MR) is 69.3 cm³/mol. The van der Waals surface area contributed by atoms with Crippen LogP contribution >= 0.6 is 0 Å². The van der Waals surface area contributed by atoms with Gasteiger partial charge >= 0.3 is 0 Å². The van der Waals surface area contributed by atoms with Crippen molar-refractivity contribution in [1.82, 2.24) is 10.3 Å². The standard InChI is InChI=1S/C13H19N3O2/c1-9(17)16-10-5-7-18-12(8-10)11-4-3-6-15-13(11)14-2/h3-4,6,10,12H,5,7-8H2,1-2H3,(H,14,15)(H,16,17). The second-order valence-corrected chi connectivity index (χ2v) is 4.47. The number of hydrogen-bond donors (Lipinski definition) is 2. The number of carbonyl (C=O) groups excluding carboxylic acids is 1. The molecule has 18 heavy (non-hydrogen) atoms. The van der Waals surface area contributed by atoms with Crippen molar-refractivity contribution in [2.24, 2.45) is 0 Å². The third-order valence-electron chi connectivity index (χ3n) is 3.11. The molecule has 2 unspecified atom stereocenters. The van der Waals surface area contributed by atoms with Crippen molar-refractivity contribution in [3.8, 4) is 0 Å². The number of aromatic nitrogens is 1. The molecule has 0 saturated carbocycles. The third-order valence-corrected chi connectivity index (χ3v) is 3.11. The maximum Gasteiger partial charge on any atom is 0.217 e. The Morgan fingerprint density at radius 1 is 1.56 bits per heavy atom. The molecular formula is C13H19N3O2. The van der Waals surface area contributed by atoms with Crippen LogP contribution in [-0.2, 0) is 9.53 Å². The van der Waals surface area contributed by atoms with Crippen molar-refractivity contribution in [1.29, 1.82) is 0 Å². The van der Waals surface area contributed by atoms with Crippen LogP contribution in [0.4, 0.5) is 5.82 Å². The van der Waals surface area contributed by atoms with Gasteiger partial charge in [-0.15, -0.1) is 0 Å². The number of amides is 1. The molecule has 2 rings (SSSR count). The maximum absolute atomic E-state index is 11.1. The molecule has 1 amide bonds. The van der Waals surface area contributed by atoms with E-state index < -0.39 is 0 Å². The van der Waals surface area contributed by atoms with Crippen molar-refractivity contribution in [2.45, 2.75) is 31.9 Å². The Bertz CT molecular complexity index is 422. The van der Waals surface area contributed by atoms with E-state index in [1.54, 1.807) is 13.1 Å². The molecule has 5 nitrogen and oxygen atoms in total. The maximum atomic E-state index is 11.1. The molecule has 0 aromatic carbocycles. The third kappa shape index (κ3) is 2.98. The number of nitrogens with one attached hydrogen (secondary N) is 2. The Morgan fingerprint density at radius 3 is 3.11 bits per heavy atom. The van der Waals surface area contributed by atoms with Crippen LogP contribution in [0.25, 0.3) is 0 Å². The number of rotatable bonds is 3. The summed E-state index contributed by atoms with van der Waals surface area (Å²) in [6.45, 7) is 2.21. The Balaban J connectivity index is 2.10. The summed E-state index contributed by atoms with van der Waals surface area (Å²) in [5.74, 6) is 0.853. The topological polar surface area (TPSA) is 63.2 Å². The average Bonchev–Trinajstić information content (AvgIpc) is 2.38. The highest BCUT2D eigenvalue weighted by molar-refractivity contribution is 5.73. The van der Waals surface area contributed by atoms with Gasteiger partial charge in [0, 0.05) is 38.4 Å². The van der Waals surface area contributed by atoms with Crippen molar-refractivity contribution in [3.63, 3.8) is 0 Å². The summed E-state index contributed by atoms with van der Waals surface area (Å²) < 4.78 is 5.79.